The van der Waals surface area contributed by atoms with Gasteiger partial charge < -0.3 is 15.4 Å². The maximum atomic E-state index is 11.3. The number of aromatic nitrogens is 2. The maximum Gasteiger partial charge on any atom is 0.239 e. The number of nitrogens with zero attached hydrogens (tertiary/aromatic N) is 2. The Hall–Kier alpha value is -1.85. The van der Waals surface area contributed by atoms with Gasteiger partial charge in [0.2, 0.25) is 11.8 Å². The molecule has 0 radical (unpaired) electrons. The van der Waals surface area contributed by atoms with Gasteiger partial charge in [-0.1, -0.05) is 6.92 Å². The van der Waals surface area contributed by atoms with Crippen molar-refractivity contribution < 1.29 is 9.53 Å². The van der Waals surface area contributed by atoms with Gasteiger partial charge in [-0.3, -0.25) is 9.78 Å². The lowest BCUT2D eigenvalue weighted by Crippen LogP contribution is -2.30. The summed E-state index contributed by atoms with van der Waals surface area (Å²) in [7, 11) is 0. The summed E-state index contributed by atoms with van der Waals surface area (Å²) in [6.45, 7) is 5.29. The molecule has 0 unspecified atom stereocenters. The minimum Gasteiger partial charge on any atom is -0.477 e. The van der Waals surface area contributed by atoms with E-state index >= 15 is 0 Å². The largest absolute Gasteiger partial charge is 0.477 e. The molecule has 0 bridgehead atoms. The van der Waals surface area contributed by atoms with Crippen LogP contribution in [0.3, 0.4) is 0 Å². The molecule has 0 saturated heterocycles. The Labute approximate surface area is 101 Å². The molecule has 0 aliphatic heterocycles. The van der Waals surface area contributed by atoms with E-state index in [4.69, 9.17) is 4.74 Å². The topological polar surface area (TPSA) is 76.1 Å². The fraction of sp³-hybridized carbons (Fsp3) is 0.545. The highest BCUT2D eigenvalue weighted by atomic mass is 16.5. The number of hydrogen-bond donors (Lipinski definition) is 2. The standard InChI is InChI=1S/C11H18N4O2/c1-3-5-13-10(16)7-14-9-6-12-8-11(15-9)17-4-2/h6,8H,3-5,7H2,1-2H3,(H,13,16)(H,14,15). The summed E-state index contributed by atoms with van der Waals surface area (Å²) < 4.78 is 5.20. The fourth-order valence-corrected chi connectivity index (χ4v) is 1.15. The van der Waals surface area contributed by atoms with Gasteiger partial charge in [0.25, 0.3) is 0 Å². The van der Waals surface area contributed by atoms with Crippen molar-refractivity contribution in [3.05, 3.63) is 12.4 Å². The van der Waals surface area contributed by atoms with Crippen LogP contribution >= 0.6 is 0 Å². The zero-order valence-corrected chi connectivity index (χ0v) is 10.2. The lowest BCUT2D eigenvalue weighted by Gasteiger charge is -2.07. The fourth-order valence-electron chi connectivity index (χ4n) is 1.15. The van der Waals surface area contributed by atoms with Gasteiger partial charge in [-0.05, 0) is 13.3 Å². The zero-order valence-electron chi connectivity index (χ0n) is 10.2. The lowest BCUT2D eigenvalue weighted by molar-refractivity contribution is -0.119. The number of hydrogen-bond acceptors (Lipinski definition) is 5. The van der Waals surface area contributed by atoms with Gasteiger partial charge in [-0.2, -0.15) is 4.98 Å². The number of carbonyl (C=O) groups excluding carboxylic acids is 1. The van der Waals surface area contributed by atoms with E-state index in [2.05, 4.69) is 20.6 Å². The number of carbonyl (C=O) groups is 1. The van der Waals surface area contributed by atoms with Crippen molar-refractivity contribution in [3.8, 4) is 5.88 Å². The van der Waals surface area contributed by atoms with Crippen molar-refractivity contribution in [2.75, 3.05) is 25.0 Å². The molecule has 6 nitrogen and oxygen atoms in total. The smallest absolute Gasteiger partial charge is 0.239 e. The molecule has 6 heteroatoms. The molecule has 0 fully saturated rings. The van der Waals surface area contributed by atoms with Gasteiger partial charge >= 0.3 is 0 Å². The van der Waals surface area contributed by atoms with Crippen LogP contribution in [0, 0.1) is 0 Å². The zero-order chi connectivity index (χ0) is 12.5. The highest BCUT2D eigenvalue weighted by Crippen LogP contribution is 2.08. The van der Waals surface area contributed by atoms with E-state index in [9.17, 15) is 4.79 Å². The molecule has 17 heavy (non-hydrogen) atoms. The van der Waals surface area contributed by atoms with E-state index < -0.39 is 0 Å². The first-order chi connectivity index (χ1) is 8.26. The summed E-state index contributed by atoms with van der Waals surface area (Å²) in [4.78, 5) is 19.4. The number of ether oxygens (including phenoxy) is 1. The number of nitrogens with one attached hydrogen (secondary N) is 2. The molecule has 1 amide bonds. The molecule has 1 rings (SSSR count). The van der Waals surface area contributed by atoms with Gasteiger partial charge in [0.1, 0.15) is 5.82 Å². The SMILES string of the molecule is CCCNC(=O)CNc1cncc(OCC)n1. The highest BCUT2D eigenvalue weighted by Gasteiger charge is 2.02. The van der Waals surface area contributed by atoms with E-state index in [-0.39, 0.29) is 12.5 Å². The Balaban J connectivity index is 2.40. The van der Waals surface area contributed by atoms with E-state index in [0.717, 1.165) is 6.42 Å². The summed E-state index contributed by atoms with van der Waals surface area (Å²) in [5.41, 5.74) is 0. The van der Waals surface area contributed by atoms with Crippen molar-refractivity contribution >= 4 is 11.7 Å². The third-order valence-electron chi connectivity index (χ3n) is 1.91. The van der Waals surface area contributed by atoms with Crippen LogP contribution in [-0.2, 0) is 4.79 Å². The molecule has 0 spiro atoms. The average Bonchev–Trinajstić information content (AvgIpc) is 2.35. The first-order valence-corrected chi connectivity index (χ1v) is 5.71. The Kier molecular flexibility index (Phi) is 5.77. The predicted molar refractivity (Wildman–Crippen MR) is 65.0 cm³/mol. The first-order valence-electron chi connectivity index (χ1n) is 5.71. The molecule has 1 heterocycles. The molecule has 0 saturated carbocycles. The number of rotatable bonds is 7. The van der Waals surface area contributed by atoms with Gasteiger partial charge in [-0.25, -0.2) is 0 Å². The lowest BCUT2D eigenvalue weighted by atomic mass is 10.4. The third kappa shape index (κ3) is 5.14. The van der Waals surface area contributed by atoms with Crippen LogP contribution in [0.15, 0.2) is 12.4 Å². The maximum absolute atomic E-state index is 11.3. The molecule has 0 aliphatic rings. The molecule has 0 aromatic carbocycles. The van der Waals surface area contributed by atoms with Crippen LogP contribution < -0.4 is 15.4 Å². The van der Waals surface area contributed by atoms with Crippen molar-refractivity contribution in [3.63, 3.8) is 0 Å². The summed E-state index contributed by atoms with van der Waals surface area (Å²) in [6.07, 6.45) is 4.01. The van der Waals surface area contributed by atoms with E-state index in [1.54, 1.807) is 6.20 Å². The van der Waals surface area contributed by atoms with Gasteiger partial charge in [0, 0.05) is 6.54 Å². The minimum atomic E-state index is -0.0598. The molecule has 2 N–H and O–H groups in total. The Morgan fingerprint density at radius 2 is 2.24 bits per heavy atom. The van der Waals surface area contributed by atoms with Crippen LogP contribution in [0.25, 0.3) is 0 Å². The normalized spacial score (nSPS) is 9.76. The molecule has 0 aliphatic carbocycles. The van der Waals surface area contributed by atoms with Gasteiger partial charge in [0.15, 0.2) is 0 Å². The molecule has 0 atom stereocenters. The molecule has 1 aromatic heterocycles. The van der Waals surface area contributed by atoms with Gasteiger partial charge in [0.05, 0.1) is 25.5 Å². The van der Waals surface area contributed by atoms with E-state index in [1.165, 1.54) is 6.20 Å². The summed E-state index contributed by atoms with van der Waals surface area (Å²) in [5, 5.41) is 5.65. The first kappa shape index (κ1) is 13.2. The number of amides is 1. The Morgan fingerprint density at radius 1 is 1.41 bits per heavy atom. The molecule has 94 valence electrons. The molecular weight excluding hydrogens is 220 g/mol. The molecule has 1 aromatic rings. The highest BCUT2D eigenvalue weighted by molar-refractivity contribution is 5.80. The summed E-state index contributed by atoms with van der Waals surface area (Å²) in [6, 6.07) is 0. The second-order valence-corrected chi connectivity index (χ2v) is 3.38. The second-order valence-electron chi connectivity index (χ2n) is 3.38. The van der Waals surface area contributed by atoms with Crippen LogP contribution in [0.2, 0.25) is 0 Å². The van der Waals surface area contributed by atoms with Gasteiger partial charge in [-0.15, -0.1) is 0 Å². The van der Waals surface area contributed by atoms with E-state index in [1.807, 2.05) is 13.8 Å². The van der Waals surface area contributed by atoms with Crippen molar-refractivity contribution in [2.24, 2.45) is 0 Å². The van der Waals surface area contributed by atoms with Crippen LogP contribution in [0.4, 0.5) is 5.82 Å². The Bertz CT molecular complexity index is 357. The van der Waals surface area contributed by atoms with Crippen LogP contribution in [-0.4, -0.2) is 35.6 Å². The predicted octanol–water partition coefficient (Wildman–Crippen LogP) is 0.813. The average molecular weight is 238 g/mol. The summed E-state index contributed by atoms with van der Waals surface area (Å²) >= 11 is 0. The van der Waals surface area contributed by atoms with Crippen molar-refractivity contribution in [1.29, 1.82) is 0 Å². The third-order valence-corrected chi connectivity index (χ3v) is 1.91. The minimum absolute atomic E-state index is 0.0598. The van der Waals surface area contributed by atoms with Crippen molar-refractivity contribution in [1.82, 2.24) is 15.3 Å². The van der Waals surface area contributed by atoms with E-state index in [0.29, 0.717) is 24.8 Å². The number of anilines is 1. The van der Waals surface area contributed by atoms with Crippen molar-refractivity contribution in [2.45, 2.75) is 20.3 Å². The molecular formula is C11H18N4O2. The van der Waals surface area contributed by atoms with Crippen LogP contribution in [0.1, 0.15) is 20.3 Å². The Morgan fingerprint density at radius 3 is 2.94 bits per heavy atom. The quantitative estimate of drug-likeness (QED) is 0.735. The van der Waals surface area contributed by atoms with Crippen LogP contribution in [0.5, 0.6) is 5.88 Å². The summed E-state index contributed by atoms with van der Waals surface area (Å²) in [5.74, 6) is 0.921. The second kappa shape index (κ2) is 7.43. The monoisotopic (exact) mass is 238 g/mol.